The number of carbonyl (C=O) groups excluding carboxylic acids is 1. The largest absolute Gasteiger partial charge is 0.497 e. The number of aromatic nitrogens is 1. The van der Waals surface area contributed by atoms with Crippen LogP contribution >= 0.6 is 33.9 Å². The minimum Gasteiger partial charge on any atom is -0.497 e. The van der Waals surface area contributed by atoms with Crippen molar-refractivity contribution >= 4 is 72.4 Å². The topological polar surface area (TPSA) is 85.0 Å². The number of carbonyl (C=O) groups is 1. The molecule has 2 aromatic heterocycles. The number of benzene rings is 3. The molecule has 0 aliphatic rings. The lowest BCUT2D eigenvalue weighted by atomic mass is 10.2. The number of hydrazone groups is 1. The molecule has 5 aromatic rings. The summed E-state index contributed by atoms with van der Waals surface area (Å²) in [5, 5.41) is 6.42. The Bertz CT molecular complexity index is 1630. The third-order valence-electron chi connectivity index (χ3n) is 5.08. The lowest BCUT2D eigenvalue weighted by Crippen LogP contribution is -2.26. The molecule has 0 spiro atoms. The zero-order valence-electron chi connectivity index (χ0n) is 17.8. The first kappa shape index (κ1) is 22.2. The molecule has 2 heterocycles. The highest BCUT2D eigenvalue weighted by atomic mass is 127. The van der Waals surface area contributed by atoms with Crippen LogP contribution in [0.4, 0.5) is 5.13 Å². The van der Waals surface area contributed by atoms with Gasteiger partial charge in [0.2, 0.25) is 10.6 Å². The first-order valence-corrected chi connectivity index (χ1v) is 12.0. The van der Waals surface area contributed by atoms with Gasteiger partial charge in [-0.2, -0.15) is 10.1 Å². The number of para-hydroxylation sites is 1. The van der Waals surface area contributed by atoms with Gasteiger partial charge in [-0.25, -0.2) is 4.98 Å². The average Bonchev–Trinajstić information content (AvgIpc) is 3.28. The summed E-state index contributed by atoms with van der Waals surface area (Å²) >= 11 is 3.41. The van der Waals surface area contributed by atoms with E-state index >= 15 is 0 Å². The first-order valence-electron chi connectivity index (χ1n) is 10.1. The molecule has 0 saturated heterocycles. The summed E-state index contributed by atoms with van der Waals surface area (Å²) in [6.07, 6.45) is 2.67. The van der Waals surface area contributed by atoms with E-state index in [-0.39, 0.29) is 16.9 Å². The van der Waals surface area contributed by atoms with Crippen LogP contribution in [-0.2, 0) is 0 Å². The maximum Gasteiger partial charge on any atom is 0.281 e. The van der Waals surface area contributed by atoms with E-state index in [0.717, 1.165) is 8.27 Å². The van der Waals surface area contributed by atoms with Crippen molar-refractivity contribution in [3.8, 4) is 5.75 Å². The van der Waals surface area contributed by atoms with Gasteiger partial charge in [0.1, 0.15) is 17.6 Å². The monoisotopic (exact) mass is 581 g/mol. The Kier molecular flexibility index (Phi) is 6.12. The van der Waals surface area contributed by atoms with Crippen LogP contribution in [0.15, 0.2) is 87.3 Å². The van der Waals surface area contributed by atoms with Gasteiger partial charge in [0.25, 0.3) is 5.91 Å². The van der Waals surface area contributed by atoms with E-state index in [4.69, 9.17) is 9.15 Å². The number of nitrogens with zero attached hydrogens (tertiary/aromatic N) is 3. The number of ether oxygens (including phenoxy) is 1. The highest BCUT2D eigenvalue weighted by Crippen LogP contribution is 2.32. The number of amides is 1. The van der Waals surface area contributed by atoms with Crippen LogP contribution in [0.3, 0.4) is 0 Å². The van der Waals surface area contributed by atoms with Gasteiger partial charge in [-0.1, -0.05) is 35.6 Å². The molecule has 0 unspecified atom stereocenters. The zero-order valence-corrected chi connectivity index (χ0v) is 20.7. The zero-order chi connectivity index (χ0) is 23.7. The third-order valence-corrected chi connectivity index (χ3v) is 7.02. The molecule has 0 aliphatic carbocycles. The predicted molar refractivity (Wildman–Crippen MR) is 142 cm³/mol. The number of hydrogen-bond acceptors (Lipinski definition) is 7. The summed E-state index contributed by atoms with van der Waals surface area (Å²) in [5.74, 6) is 0.327. The maximum atomic E-state index is 13.5. The fourth-order valence-electron chi connectivity index (χ4n) is 3.35. The predicted octanol–water partition coefficient (Wildman–Crippen LogP) is 5.70. The minimum atomic E-state index is -0.363. The Balaban J connectivity index is 1.61. The molecule has 0 radical (unpaired) electrons. The molecular formula is C25H16IN3O4S. The molecule has 0 aliphatic heterocycles. The third kappa shape index (κ3) is 4.19. The molecule has 0 N–H and O–H groups in total. The quantitative estimate of drug-likeness (QED) is 0.151. The molecule has 0 saturated carbocycles. The minimum absolute atomic E-state index is 0.224. The van der Waals surface area contributed by atoms with Crippen molar-refractivity contribution in [3.05, 3.63) is 97.9 Å². The van der Waals surface area contributed by atoms with E-state index in [0.29, 0.717) is 32.9 Å². The molecule has 3 aromatic carbocycles. The lowest BCUT2D eigenvalue weighted by molar-refractivity contribution is 0.0987. The van der Waals surface area contributed by atoms with Gasteiger partial charge in [-0.3, -0.25) is 9.59 Å². The van der Waals surface area contributed by atoms with Crippen molar-refractivity contribution in [1.82, 2.24) is 4.98 Å². The van der Waals surface area contributed by atoms with Gasteiger partial charge in [0.05, 0.1) is 40.1 Å². The molecule has 0 bridgehead atoms. The van der Waals surface area contributed by atoms with Crippen molar-refractivity contribution in [2.45, 2.75) is 0 Å². The van der Waals surface area contributed by atoms with Gasteiger partial charge < -0.3 is 9.15 Å². The van der Waals surface area contributed by atoms with Gasteiger partial charge >= 0.3 is 0 Å². The van der Waals surface area contributed by atoms with Crippen LogP contribution in [0, 0.1) is 3.57 Å². The van der Waals surface area contributed by atoms with E-state index in [1.54, 1.807) is 43.5 Å². The Labute approximate surface area is 211 Å². The van der Waals surface area contributed by atoms with Crippen LogP contribution < -0.4 is 15.2 Å². The summed E-state index contributed by atoms with van der Waals surface area (Å²) in [6, 6.07) is 19.7. The van der Waals surface area contributed by atoms with E-state index in [1.165, 1.54) is 28.8 Å². The second kappa shape index (κ2) is 9.35. The van der Waals surface area contributed by atoms with Gasteiger partial charge in [-0.05, 0) is 65.1 Å². The Morgan fingerprint density at radius 2 is 1.94 bits per heavy atom. The SMILES string of the molecule is COc1ccc2nc(N(/N=C/c3coc4ccccc4c3=O)C(=O)c3ccccc3I)sc2c1. The summed E-state index contributed by atoms with van der Waals surface area (Å²) in [7, 11) is 1.59. The number of halogens is 1. The van der Waals surface area contributed by atoms with Gasteiger partial charge in [0.15, 0.2) is 0 Å². The second-order valence-corrected chi connectivity index (χ2v) is 9.36. The standard InChI is InChI=1S/C25H16IN3O4S/c1-32-16-10-11-20-22(12-16)34-25(28-20)29(24(31)17-6-2-4-8-19(17)26)27-13-15-14-33-21-9-5-3-7-18(21)23(15)30/h2-14H,1H3/b27-13+. The van der Waals surface area contributed by atoms with E-state index in [2.05, 4.69) is 32.7 Å². The van der Waals surface area contributed by atoms with Crippen LogP contribution in [0.25, 0.3) is 21.2 Å². The van der Waals surface area contributed by atoms with Gasteiger partial charge in [0, 0.05) is 3.57 Å². The highest BCUT2D eigenvalue weighted by molar-refractivity contribution is 14.1. The average molecular weight is 581 g/mol. The van der Waals surface area contributed by atoms with E-state index in [1.807, 2.05) is 30.3 Å². The molecule has 34 heavy (non-hydrogen) atoms. The van der Waals surface area contributed by atoms with Crippen molar-refractivity contribution in [2.24, 2.45) is 5.10 Å². The fraction of sp³-hybridized carbons (Fsp3) is 0.0400. The van der Waals surface area contributed by atoms with Crippen LogP contribution in [-0.4, -0.2) is 24.2 Å². The summed E-state index contributed by atoms with van der Waals surface area (Å²) in [6.45, 7) is 0. The lowest BCUT2D eigenvalue weighted by Gasteiger charge is -2.14. The molecule has 0 fully saturated rings. The molecule has 168 valence electrons. The summed E-state index contributed by atoms with van der Waals surface area (Å²) in [4.78, 5) is 31.0. The number of hydrogen-bond donors (Lipinski definition) is 0. The number of rotatable bonds is 5. The smallest absolute Gasteiger partial charge is 0.281 e. The fourth-order valence-corrected chi connectivity index (χ4v) is 4.92. The summed E-state index contributed by atoms with van der Waals surface area (Å²) in [5.41, 5.74) is 1.66. The summed E-state index contributed by atoms with van der Waals surface area (Å²) < 4.78 is 12.5. The number of anilines is 1. The first-order chi connectivity index (χ1) is 16.5. The number of methoxy groups -OCH3 is 1. The van der Waals surface area contributed by atoms with Gasteiger partial charge in [-0.15, -0.1) is 0 Å². The highest BCUT2D eigenvalue weighted by Gasteiger charge is 2.23. The number of fused-ring (bicyclic) bond motifs is 2. The van der Waals surface area contributed by atoms with Crippen LogP contribution in [0.5, 0.6) is 5.75 Å². The van der Waals surface area contributed by atoms with Crippen molar-refractivity contribution in [2.75, 3.05) is 12.1 Å². The van der Waals surface area contributed by atoms with Crippen molar-refractivity contribution in [3.63, 3.8) is 0 Å². The van der Waals surface area contributed by atoms with Crippen LogP contribution in [0.2, 0.25) is 0 Å². The van der Waals surface area contributed by atoms with Crippen molar-refractivity contribution < 1.29 is 13.9 Å². The van der Waals surface area contributed by atoms with E-state index < -0.39 is 0 Å². The molecule has 1 amide bonds. The number of thiazole rings is 1. The molecule has 7 nitrogen and oxygen atoms in total. The second-order valence-electron chi connectivity index (χ2n) is 7.19. The molecular weight excluding hydrogens is 565 g/mol. The molecule has 5 rings (SSSR count). The van der Waals surface area contributed by atoms with Crippen molar-refractivity contribution in [1.29, 1.82) is 0 Å². The van der Waals surface area contributed by atoms with Crippen LogP contribution in [0.1, 0.15) is 15.9 Å². The Morgan fingerprint density at radius 1 is 1.15 bits per heavy atom. The molecule has 9 heteroatoms. The maximum absolute atomic E-state index is 13.5. The Morgan fingerprint density at radius 3 is 2.76 bits per heavy atom. The normalized spacial score (nSPS) is 11.4. The van der Waals surface area contributed by atoms with E-state index in [9.17, 15) is 9.59 Å². The molecule has 0 atom stereocenters. The Hall–Kier alpha value is -3.57.